The summed E-state index contributed by atoms with van der Waals surface area (Å²) < 4.78 is 0.770. The molecule has 0 saturated heterocycles. The van der Waals surface area contributed by atoms with E-state index < -0.39 is 0 Å². The van der Waals surface area contributed by atoms with Crippen LogP contribution in [0.4, 0.5) is 5.69 Å². The summed E-state index contributed by atoms with van der Waals surface area (Å²) in [6.07, 6.45) is 3.57. The van der Waals surface area contributed by atoms with Crippen LogP contribution in [0.3, 0.4) is 0 Å². The fraction of sp³-hybridized carbons (Fsp3) is 0.583. The number of halogens is 2. The van der Waals surface area contributed by atoms with Gasteiger partial charge in [-0.15, -0.1) is 0 Å². The maximum Gasteiger partial charge on any atom is 0.143 e. The van der Waals surface area contributed by atoms with Crippen molar-refractivity contribution in [3.05, 3.63) is 21.9 Å². The van der Waals surface area contributed by atoms with Crippen molar-refractivity contribution in [1.29, 1.82) is 0 Å². The molecule has 0 amide bonds. The van der Waals surface area contributed by atoms with Crippen molar-refractivity contribution < 1.29 is 5.11 Å². The Balaban J connectivity index is 2.68. The molecule has 1 aromatic heterocycles. The first-order valence-corrected chi connectivity index (χ1v) is 6.89. The van der Waals surface area contributed by atoms with Crippen molar-refractivity contribution in [2.75, 3.05) is 18.5 Å². The van der Waals surface area contributed by atoms with Gasteiger partial charge in [0.15, 0.2) is 0 Å². The van der Waals surface area contributed by atoms with Gasteiger partial charge in [0.2, 0.25) is 0 Å². The number of hydrogen-bond acceptors (Lipinski definition) is 3. The van der Waals surface area contributed by atoms with E-state index in [-0.39, 0.29) is 12.0 Å². The molecule has 0 aliphatic rings. The number of nitrogens with one attached hydrogen (secondary N) is 1. The van der Waals surface area contributed by atoms with Crippen molar-refractivity contribution in [2.24, 2.45) is 5.41 Å². The molecule has 3 nitrogen and oxygen atoms in total. The van der Waals surface area contributed by atoms with Gasteiger partial charge >= 0.3 is 0 Å². The summed E-state index contributed by atoms with van der Waals surface area (Å²) in [6, 6.07) is 1.89. The van der Waals surface area contributed by atoms with Gasteiger partial charge in [0.1, 0.15) is 5.15 Å². The number of aliphatic hydroxyl groups is 1. The molecule has 0 aliphatic carbocycles. The third-order valence-electron chi connectivity index (χ3n) is 3.30. The summed E-state index contributed by atoms with van der Waals surface area (Å²) >= 11 is 9.16. The summed E-state index contributed by atoms with van der Waals surface area (Å²) in [5, 5.41) is 13.2. The zero-order chi connectivity index (χ0) is 12.9. The largest absolute Gasteiger partial charge is 0.396 e. The molecule has 96 valence electrons. The first-order valence-electron chi connectivity index (χ1n) is 5.72. The van der Waals surface area contributed by atoms with Crippen LogP contribution in [0.2, 0.25) is 5.15 Å². The highest BCUT2D eigenvalue weighted by molar-refractivity contribution is 9.10. The van der Waals surface area contributed by atoms with Crippen LogP contribution in [0.5, 0.6) is 0 Å². The van der Waals surface area contributed by atoms with Crippen LogP contribution in [-0.4, -0.2) is 23.2 Å². The average Bonchev–Trinajstić information content (AvgIpc) is 2.36. The predicted molar refractivity (Wildman–Crippen MR) is 75.5 cm³/mol. The second-order valence-electron chi connectivity index (χ2n) is 4.22. The van der Waals surface area contributed by atoms with Crippen molar-refractivity contribution in [2.45, 2.75) is 26.7 Å². The lowest BCUT2D eigenvalue weighted by Gasteiger charge is -2.30. The van der Waals surface area contributed by atoms with Crippen LogP contribution in [-0.2, 0) is 0 Å². The number of rotatable bonds is 6. The lowest BCUT2D eigenvalue weighted by Crippen LogP contribution is -2.32. The summed E-state index contributed by atoms with van der Waals surface area (Å²) in [6.45, 7) is 5.11. The summed E-state index contributed by atoms with van der Waals surface area (Å²) in [7, 11) is 0. The zero-order valence-electron chi connectivity index (χ0n) is 10.1. The Bertz CT molecular complexity index is 361. The fourth-order valence-electron chi connectivity index (χ4n) is 1.59. The van der Waals surface area contributed by atoms with Gasteiger partial charge in [-0.05, 0) is 34.8 Å². The molecule has 0 fully saturated rings. The summed E-state index contributed by atoms with van der Waals surface area (Å²) in [5.74, 6) is 0. The second kappa shape index (κ2) is 6.57. The first kappa shape index (κ1) is 14.7. The van der Waals surface area contributed by atoms with Crippen LogP contribution < -0.4 is 5.32 Å². The van der Waals surface area contributed by atoms with Crippen molar-refractivity contribution in [3.8, 4) is 0 Å². The van der Waals surface area contributed by atoms with Crippen LogP contribution in [0, 0.1) is 5.41 Å². The van der Waals surface area contributed by atoms with E-state index in [9.17, 15) is 5.11 Å². The molecule has 0 bridgehead atoms. The molecule has 2 N–H and O–H groups in total. The van der Waals surface area contributed by atoms with Gasteiger partial charge in [-0.1, -0.05) is 25.4 Å². The van der Waals surface area contributed by atoms with E-state index in [1.54, 1.807) is 6.20 Å². The average molecular weight is 322 g/mol. The highest BCUT2D eigenvalue weighted by Gasteiger charge is 2.24. The summed E-state index contributed by atoms with van der Waals surface area (Å²) in [4.78, 5) is 4.05. The molecule has 0 saturated carbocycles. The Morgan fingerprint density at radius 2 is 2.12 bits per heavy atom. The maximum atomic E-state index is 9.47. The molecule has 0 radical (unpaired) electrons. The molecule has 1 aromatic rings. The molecule has 0 atom stereocenters. The van der Waals surface area contributed by atoms with Crippen molar-refractivity contribution in [1.82, 2.24) is 4.98 Å². The van der Waals surface area contributed by atoms with Gasteiger partial charge in [-0.25, -0.2) is 4.98 Å². The van der Waals surface area contributed by atoms with E-state index in [2.05, 4.69) is 40.1 Å². The molecule has 0 unspecified atom stereocenters. The lowest BCUT2D eigenvalue weighted by atomic mass is 9.83. The lowest BCUT2D eigenvalue weighted by molar-refractivity contribution is 0.127. The van der Waals surface area contributed by atoms with E-state index in [4.69, 9.17) is 11.6 Å². The number of anilines is 1. The van der Waals surface area contributed by atoms with Gasteiger partial charge in [0.25, 0.3) is 0 Å². The normalized spacial score (nSPS) is 11.6. The van der Waals surface area contributed by atoms with Gasteiger partial charge < -0.3 is 10.4 Å². The Morgan fingerprint density at radius 1 is 1.47 bits per heavy atom. The third kappa shape index (κ3) is 3.83. The molecule has 0 aromatic carbocycles. The van der Waals surface area contributed by atoms with Gasteiger partial charge in [0, 0.05) is 12.0 Å². The SMILES string of the molecule is CCC(CC)(CO)CNc1cnc(Cl)c(Br)c1. The van der Waals surface area contributed by atoms with E-state index in [1.165, 1.54) is 0 Å². The highest BCUT2D eigenvalue weighted by atomic mass is 79.9. The van der Waals surface area contributed by atoms with Crippen LogP contribution in [0.15, 0.2) is 16.7 Å². The van der Waals surface area contributed by atoms with Crippen LogP contribution in [0.1, 0.15) is 26.7 Å². The Hall–Kier alpha value is -0.320. The smallest absolute Gasteiger partial charge is 0.143 e. The monoisotopic (exact) mass is 320 g/mol. The Labute approximate surface area is 116 Å². The highest BCUT2D eigenvalue weighted by Crippen LogP contribution is 2.27. The van der Waals surface area contributed by atoms with Gasteiger partial charge in [-0.2, -0.15) is 0 Å². The standard InChI is InChI=1S/C12H18BrClN2O/c1-3-12(4-2,8-17)7-16-9-5-10(13)11(14)15-6-9/h5-6,16-17H,3-4,7-8H2,1-2H3. The van der Waals surface area contributed by atoms with E-state index in [1.807, 2.05) is 6.07 Å². The van der Waals surface area contributed by atoms with Gasteiger partial charge in [-0.3, -0.25) is 0 Å². The number of pyridine rings is 1. The second-order valence-corrected chi connectivity index (χ2v) is 5.43. The molecule has 1 rings (SSSR count). The van der Waals surface area contributed by atoms with E-state index >= 15 is 0 Å². The topological polar surface area (TPSA) is 45.1 Å². The zero-order valence-corrected chi connectivity index (χ0v) is 12.5. The van der Waals surface area contributed by atoms with Crippen LogP contribution in [0.25, 0.3) is 0 Å². The molecular weight excluding hydrogens is 304 g/mol. The molecule has 17 heavy (non-hydrogen) atoms. The number of aromatic nitrogens is 1. The van der Waals surface area contributed by atoms with E-state index in [0.717, 1.165) is 29.5 Å². The quantitative estimate of drug-likeness (QED) is 0.785. The van der Waals surface area contributed by atoms with Crippen molar-refractivity contribution >= 4 is 33.2 Å². The number of hydrogen-bond donors (Lipinski definition) is 2. The fourth-order valence-corrected chi connectivity index (χ4v) is 2.04. The maximum absolute atomic E-state index is 9.47. The predicted octanol–water partition coefficient (Wildman–Crippen LogP) is 3.71. The Morgan fingerprint density at radius 3 is 2.59 bits per heavy atom. The number of aliphatic hydroxyl groups excluding tert-OH is 1. The third-order valence-corrected chi connectivity index (χ3v) is 4.43. The minimum Gasteiger partial charge on any atom is -0.396 e. The molecule has 1 heterocycles. The first-order chi connectivity index (χ1) is 8.06. The molecular formula is C12H18BrClN2O. The van der Waals surface area contributed by atoms with Crippen molar-refractivity contribution in [3.63, 3.8) is 0 Å². The molecule has 5 heteroatoms. The van der Waals surface area contributed by atoms with Gasteiger partial charge in [0.05, 0.1) is 23.0 Å². The Kier molecular flexibility index (Phi) is 5.70. The summed E-state index contributed by atoms with van der Waals surface area (Å²) in [5.41, 5.74) is 0.840. The van der Waals surface area contributed by atoms with Crippen LogP contribution >= 0.6 is 27.5 Å². The minimum atomic E-state index is -0.0634. The minimum absolute atomic E-state index is 0.0634. The molecule has 0 spiro atoms. The molecule has 0 aliphatic heterocycles. The van der Waals surface area contributed by atoms with E-state index in [0.29, 0.717) is 5.15 Å². The number of nitrogens with zero attached hydrogens (tertiary/aromatic N) is 1.